The Morgan fingerprint density at radius 1 is 1.16 bits per heavy atom. The summed E-state index contributed by atoms with van der Waals surface area (Å²) >= 11 is 5.39. The molecule has 25 heavy (non-hydrogen) atoms. The van der Waals surface area contributed by atoms with Gasteiger partial charge < -0.3 is 9.47 Å². The second-order valence-corrected chi connectivity index (χ2v) is 7.52. The smallest absolute Gasteiger partial charge is 0.176 e. The highest BCUT2D eigenvalue weighted by molar-refractivity contribution is 9.10. The molecule has 0 amide bonds. The molecule has 1 unspecified atom stereocenters. The average Bonchev–Trinajstić information content (AvgIpc) is 2.66. The number of rotatable bonds is 6. The van der Waals surface area contributed by atoms with Crippen molar-refractivity contribution in [1.82, 2.24) is 0 Å². The van der Waals surface area contributed by atoms with Crippen molar-refractivity contribution < 1.29 is 9.47 Å². The van der Waals surface area contributed by atoms with Crippen LogP contribution in [0, 0.1) is 0 Å². The first-order valence-electron chi connectivity index (χ1n) is 8.36. The minimum atomic E-state index is 0.108. The van der Waals surface area contributed by atoms with E-state index in [1.54, 1.807) is 18.9 Å². The third kappa shape index (κ3) is 4.93. The number of hydrogen-bond donors (Lipinski definition) is 0. The van der Waals surface area contributed by atoms with Crippen LogP contribution >= 0.6 is 27.7 Å². The lowest BCUT2D eigenvalue weighted by molar-refractivity contribution is 0.218. The van der Waals surface area contributed by atoms with Gasteiger partial charge in [-0.1, -0.05) is 36.0 Å². The molecule has 0 aliphatic heterocycles. The summed E-state index contributed by atoms with van der Waals surface area (Å²) in [6.45, 7) is 0. The maximum absolute atomic E-state index is 6.21. The largest absolute Gasteiger partial charge is 0.493 e. The van der Waals surface area contributed by atoms with Gasteiger partial charge in [0.2, 0.25) is 0 Å². The summed E-state index contributed by atoms with van der Waals surface area (Å²) < 4.78 is 12.6. The molecule has 1 aliphatic rings. The predicted octanol–water partition coefficient (Wildman–Crippen LogP) is 6.71. The highest BCUT2D eigenvalue weighted by Crippen LogP contribution is 2.40. The minimum absolute atomic E-state index is 0.108. The summed E-state index contributed by atoms with van der Waals surface area (Å²) in [5.41, 5.74) is 1.07. The highest BCUT2D eigenvalue weighted by atomic mass is 79.9. The maximum atomic E-state index is 6.21. The molecule has 1 atom stereocenters. The first kappa shape index (κ1) is 18.2. The zero-order chi connectivity index (χ0) is 17.5. The summed E-state index contributed by atoms with van der Waals surface area (Å²) in [4.78, 5) is 1.22. The number of allylic oxidation sites excluding steroid dienone is 1. The van der Waals surface area contributed by atoms with Crippen LogP contribution in [0.25, 0.3) is 6.08 Å². The molecule has 2 nitrogen and oxygen atoms in total. The molecule has 4 heteroatoms. The Hall–Kier alpha value is -1.65. The normalized spacial score (nSPS) is 17.0. The van der Waals surface area contributed by atoms with Crippen molar-refractivity contribution in [1.29, 1.82) is 0 Å². The molecule has 130 valence electrons. The highest BCUT2D eigenvalue weighted by Gasteiger charge is 2.17. The molecule has 0 N–H and O–H groups in total. The van der Waals surface area contributed by atoms with Gasteiger partial charge in [-0.3, -0.25) is 0 Å². The third-order valence-electron chi connectivity index (χ3n) is 3.99. The van der Waals surface area contributed by atoms with Crippen LogP contribution in [-0.4, -0.2) is 13.2 Å². The third-order valence-corrected chi connectivity index (χ3v) is 5.62. The fraction of sp³-hybridized carbons (Fsp3) is 0.238. The Morgan fingerprint density at radius 2 is 2.00 bits per heavy atom. The van der Waals surface area contributed by atoms with E-state index >= 15 is 0 Å². The quantitative estimate of drug-likeness (QED) is 0.385. The minimum Gasteiger partial charge on any atom is -0.493 e. The van der Waals surface area contributed by atoms with Crippen LogP contribution in [0.4, 0.5) is 0 Å². The number of hydrogen-bond acceptors (Lipinski definition) is 3. The van der Waals surface area contributed by atoms with E-state index in [-0.39, 0.29) is 6.10 Å². The lowest BCUT2D eigenvalue weighted by Gasteiger charge is -2.21. The maximum Gasteiger partial charge on any atom is 0.176 e. The summed E-state index contributed by atoms with van der Waals surface area (Å²) in [6, 6.07) is 14.3. The summed E-state index contributed by atoms with van der Waals surface area (Å²) in [5.74, 6) is 1.52. The van der Waals surface area contributed by atoms with Crippen molar-refractivity contribution in [2.24, 2.45) is 0 Å². The molecular weight excluding hydrogens is 396 g/mol. The van der Waals surface area contributed by atoms with Gasteiger partial charge in [0, 0.05) is 4.90 Å². The van der Waals surface area contributed by atoms with E-state index in [0.29, 0.717) is 0 Å². The Balaban J connectivity index is 1.79. The van der Waals surface area contributed by atoms with Crippen molar-refractivity contribution in [2.45, 2.75) is 30.3 Å². The van der Waals surface area contributed by atoms with Crippen molar-refractivity contribution >= 4 is 33.8 Å². The zero-order valence-electron chi connectivity index (χ0n) is 14.2. The van der Waals surface area contributed by atoms with Crippen molar-refractivity contribution in [3.05, 3.63) is 70.1 Å². The molecule has 3 rings (SSSR count). The molecule has 0 saturated carbocycles. The monoisotopic (exact) mass is 416 g/mol. The lowest BCUT2D eigenvalue weighted by Crippen LogP contribution is -2.16. The number of methoxy groups -OCH3 is 1. The van der Waals surface area contributed by atoms with E-state index in [4.69, 9.17) is 9.47 Å². The number of ether oxygens (including phenoxy) is 2. The van der Waals surface area contributed by atoms with Gasteiger partial charge >= 0.3 is 0 Å². The van der Waals surface area contributed by atoms with E-state index in [9.17, 15) is 0 Å². The summed E-state index contributed by atoms with van der Waals surface area (Å²) in [5, 5.41) is 2.09. The number of halogens is 1. The van der Waals surface area contributed by atoms with Gasteiger partial charge in [0.25, 0.3) is 0 Å². The Kier molecular flexibility index (Phi) is 6.65. The Morgan fingerprint density at radius 3 is 2.72 bits per heavy atom. The van der Waals surface area contributed by atoms with Crippen molar-refractivity contribution in [3.8, 4) is 11.5 Å². The molecule has 1 aliphatic carbocycles. The van der Waals surface area contributed by atoms with E-state index < -0.39 is 0 Å². The van der Waals surface area contributed by atoms with E-state index in [0.717, 1.165) is 40.8 Å². The van der Waals surface area contributed by atoms with E-state index in [1.165, 1.54) is 4.90 Å². The van der Waals surface area contributed by atoms with Gasteiger partial charge in [0.1, 0.15) is 6.10 Å². The average molecular weight is 417 g/mol. The second kappa shape index (κ2) is 9.16. The molecule has 0 bridgehead atoms. The van der Waals surface area contributed by atoms with Crippen molar-refractivity contribution in [2.75, 3.05) is 7.11 Å². The Bertz CT molecular complexity index is 756. The summed E-state index contributed by atoms with van der Waals surface area (Å²) in [7, 11) is 1.67. The van der Waals surface area contributed by atoms with Gasteiger partial charge in [0.05, 0.1) is 11.6 Å². The standard InChI is InChI=1S/C21H21BrO2S/c1-23-19-13-12-16(14-15-25-18-10-6-3-7-11-18)20(22)21(19)24-17-8-4-2-5-9-17/h3-4,6-8,10-15,17H,2,5,9H2,1H3/b15-14+. The van der Waals surface area contributed by atoms with Crippen molar-refractivity contribution in [3.63, 3.8) is 0 Å². The fourth-order valence-corrected chi connectivity index (χ4v) is 3.91. The molecular formula is C21H21BrO2S. The molecule has 0 aromatic heterocycles. The van der Waals surface area contributed by atoms with Gasteiger partial charge in [-0.05, 0) is 82.6 Å². The first-order valence-corrected chi connectivity index (χ1v) is 10.0. The SMILES string of the molecule is COc1ccc(/C=C/Sc2ccccc2)c(Br)c1OC1C=CCCC1. The first-order chi connectivity index (χ1) is 12.3. The van der Waals surface area contributed by atoms with E-state index in [1.807, 2.05) is 30.3 Å². The van der Waals surface area contributed by atoms with Crippen LogP contribution in [0.3, 0.4) is 0 Å². The number of thioether (sulfide) groups is 1. The van der Waals surface area contributed by atoms with Crippen LogP contribution in [-0.2, 0) is 0 Å². The summed E-state index contributed by atoms with van der Waals surface area (Å²) in [6.07, 6.45) is 9.86. The molecule has 0 fully saturated rings. The van der Waals surface area contributed by atoms with Gasteiger partial charge in [0.15, 0.2) is 11.5 Å². The van der Waals surface area contributed by atoms with Crippen LogP contribution < -0.4 is 9.47 Å². The molecule has 0 radical (unpaired) electrons. The van der Waals surface area contributed by atoms with Gasteiger partial charge in [-0.15, -0.1) is 0 Å². The molecule has 0 spiro atoms. The van der Waals surface area contributed by atoms with Crippen LogP contribution in [0.5, 0.6) is 11.5 Å². The van der Waals surface area contributed by atoms with E-state index in [2.05, 4.69) is 51.7 Å². The topological polar surface area (TPSA) is 18.5 Å². The molecule has 2 aromatic rings. The molecule has 0 saturated heterocycles. The fourth-order valence-electron chi connectivity index (χ4n) is 2.67. The molecule has 2 aromatic carbocycles. The van der Waals surface area contributed by atoms with Gasteiger partial charge in [-0.25, -0.2) is 0 Å². The number of benzene rings is 2. The molecule has 0 heterocycles. The second-order valence-electron chi connectivity index (χ2n) is 5.75. The van der Waals surface area contributed by atoms with Crippen LogP contribution in [0.15, 0.2) is 69.4 Å². The van der Waals surface area contributed by atoms with Gasteiger partial charge in [-0.2, -0.15) is 0 Å². The van der Waals surface area contributed by atoms with Crippen LogP contribution in [0.2, 0.25) is 0 Å². The predicted molar refractivity (Wildman–Crippen MR) is 109 cm³/mol. The lowest BCUT2D eigenvalue weighted by atomic mass is 10.1. The Labute approximate surface area is 162 Å². The zero-order valence-corrected chi connectivity index (χ0v) is 16.6. The van der Waals surface area contributed by atoms with Crippen LogP contribution in [0.1, 0.15) is 24.8 Å².